The Labute approximate surface area is 101 Å². The van der Waals surface area contributed by atoms with Crippen LogP contribution in [0.3, 0.4) is 0 Å². The zero-order valence-electron chi connectivity index (χ0n) is 9.83. The van der Waals surface area contributed by atoms with E-state index in [9.17, 15) is 0 Å². The van der Waals surface area contributed by atoms with Crippen LogP contribution in [0.4, 0.5) is 0 Å². The summed E-state index contributed by atoms with van der Waals surface area (Å²) < 4.78 is 0. The second-order valence-electron chi connectivity index (χ2n) is 4.79. The summed E-state index contributed by atoms with van der Waals surface area (Å²) in [6.07, 6.45) is 4.78. The van der Waals surface area contributed by atoms with Gasteiger partial charge in [-0.2, -0.15) is 0 Å². The van der Waals surface area contributed by atoms with Gasteiger partial charge in [-0.1, -0.05) is 6.42 Å². The molecule has 0 atom stereocenters. The van der Waals surface area contributed by atoms with Crippen molar-refractivity contribution in [2.24, 2.45) is 5.41 Å². The van der Waals surface area contributed by atoms with Gasteiger partial charge in [0.2, 0.25) is 0 Å². The third-order valence-corrected chi connectivity index (χ3v) is 4.35. The van der Waals surface area contributed by atoms with E-state index in [1.165, 1.54) is 19.3 Å². The highest BCUT2D eigenvalue weighted by Gasteiger charge is 2.35. The summed E-state index contributed by atoms with van der Waals surface area (Å²) in [4.78, 5) is 4.43. The summed E-state index contributed by atoms with van der Waals surface area (Å²) in [5.41, 5.74) is 1.51. The normalized spacial score (nSPS) is 18.4. The molecule has 0 unspecified atom stereocenters. The first-order chi connectivity index (χ1) is 7.74. The molecule has 1 aliphatic carbocycles. The van der Waals surface area contributed by atoms with Crippen LogP contribution >= 0.6 is 11.3 Å². The van der Waals surface area contributed by atoms with Crippen LogP contribution < -0.4 is 5.32 Å². The lowest BCUT2D eigenvalue weighted by Crippen LogP contribution is -2.40. The van der Waals surface area contributed by atoms with Crippen LogP contribution in [-0.2, 0) is 6.54 Å². The second kappa shape index (κ2) is 5.25. The molecule has 0 aromatic carbocycles. The molecule has 0 saturated heterocycles. The summed E-state index contributed by atoms with van der Waals surface area (Å²) in [5.74, 6) is 0. The van der Waals surface area contributed by atoms with E-state index in [0.717, 1.165) is 30.2 Å². The van der Waals surface area contributed by atoms with Crippen LogP contribution in [0, 0.1) is 12.3 Å². The number of hydrogen-bond acceptors (Lipinski definition) is 4. The molecule has 3 nitrogen and oxygen atoms in total. The maximum atomic E-state index is 9.05. The van der Waals surface area contributed by atoms with Crippen LogP contribution in [-0.4, -0.2) is 23.2 Å². The number of nitrogens with zero attached hydrogens (tertiary/aromatic N) is 1. The summed E-state index contributed by atoms with van der Waals surface area (Å²) in [6, 6.07) is 0. The summed E-state index contributed by atoms with van der Waals surface area (Å²) >= 11 is 1.70. The Bertz CT molecular complexity index is 334. The fraction of sp³-hybridized carbons (Fsp3) is 0.750. The van der Waals surface area contributed by atoms with Crippen molar-refractivity contribution in [1.82, 2.24) is 10.3 Å². The Morgan fingerprint density at radius 3 is 2.88 bits per heavy atom. The number of aromatic nitrogens is 1. The number of hydrogen-bond donors (Lipinski definition) is 2. The third-order valence-electron chi connectivity index (χ3n) is 3.53. The van der Waals surface area contributed by atoms with Crippen LogP contribution in [0.5, 0.6) is 0 Å². The Morgan fingerprint density at radius 1 is 1.56 bits per heavy atom. The van der Waals surface area contributed by atoms with Gasteiger partial charge >= 0.3 is 0 Å². The molecule has 2 rings (SSSR count). The van der Waals surface area contributed by atoms with E-state index in [0.29, 0.717) is 12.0 Å². The molecule has 1 aliphatic rings. The first-order valence-corrected chi connectivity index (χ1v) is 6.85. The van der Waals surface area contributed by atoms with Crippen molar-refractivity contribution in [3.8, 4) is 0 Å². The van der Waals surface area contributed by atoms with E-state index >= 15 is 0 Å². The van der Waals surface area contributed by atoms with Crippen molar-refractivity contribution in [2.45, 2.75) is 39.2 Å². The maximum Gasteiger partial charge on any atom is 0.0897 e. The minimum atomic E-state index is 0.317. The van der Waals surface area contributed by atoms with Crippen molar-refractivity contribution in [3.05, 3.63) is 16.1 Å². The molecule has 0 amide bonds. The molecule has 16 heavy (non-hydrogen) atoms. The molecule has 1 fully saturated rings. The van der Waals surface area contributed by atoms with Crippen molar-refractivity contribution >= 4 is 11.3 Å². The van der Waals surface area contributed by atoms with Crippen molar-refractivity contribution in [3.63, 3.8) is 0 Å². The molecule has 4 heteroatoms. The molecule has 1 aromatic heterocycles. The van der Waals surface area contributed by atoms with E-state index in [2.05, 4.69) is 15.7 Å². The molecular formula is C12H20N2OS. The molecule has 1 saturated carbocycles. The van der Waals surface area contributed by atoms with Crippen LogP contribution in [0.15, 0.2) is 5.38 Å². The quantitative estimate of drug-likeness (QED) is 0.800. The predicted octanol–water partition coefficient (Wildman–Crippen LogP) is 2.09. The van der Waals surface area contributed by atoms with Crippen LogP contribution in [0.25, 0.3) is 0 Å². The highest BCUT2D eigenvalue weighted by Crippen LogP contribution is 2.43. The fourth-order valence-electron chi connectivity index (χ4n) is 2.37. The lowest BCUT2D eigenvalue weighted by Gasteiger charge is -2.42. The van der Waals surface area contributed by atoms with E-state index in [4.69, 9.17) is 5.11 Å². The number of aliphatic hydroxyl groups excluding tert-OH is 1. The van der Waals surface area contributed by atoms with E-state index < -0.39 is 0 Å². The predicted molar refractivity (Wildman–Crippen MR) is 66.5 cm³/mol. The van der Waals surface area contributed by atoms with E-state index in [1.807, 2.05) is 6.92 Å². The van der Waals surface area contributed by atoms with Gasteiger partial charge in [-0.05, 0) is 31.6 Å². The molecule has 1 heterocycles. The summed E-state index contributed by atoms with van der Waals surface area (Å²) in [5, 5.41) is 15.8. The van der Waals surface area contributed by atoms with Gasteiger partial charge in [-0.3, -0.25) is 0 Å². The minimum absolute atomic E-state index is 0.317. The van der Waals surface area contributed by atoms with Gasteiger partial charge in [0.1, 0.15) is 0 Å². The molecule has 0 aliphatic heterocycles. The SMILES string of the molecule is Cc1nc(CNCC2(CCO)CCC2)cs1. The highest BCUT2D eigenvalue weighted by atomic mass is 32.1. The second-order valence-corrected chi connectivity index (χ2v) is 5.85. The average molecular weight is 240 g/mol. The van der Waals surface area contributed by atoms with Gasteiger partial charge in [0, 0.05) is 25.1 Å². The Hall–Kier alpha value is -0.450. The maximum absolute atomic E-state index is 9.05. The molecular weight excluding hydrogens is 220 g/mol. The number of thiazole rings is 1. The van der Waals surface area contributed by atoms with Crippen LogP contribution in [0.1, 0.15) is 36.4 Å². The largest absolute Gasteiger partial charge is 0.396 e. The first kappa shape index (κ1) is 12.0. The fourth-order valence-corrected chi connectivity index (χ4v) is 2.99. The van der Waals surface area contributed by atoms with Gasteiger partial charge in [-0.15, -0.1) is 11.3 Å². The van der Waals surface area contributed by atoms with Gasteiger partial charge in [0.25, 0.3) is 0 Å². The van der Waals surface area contributed by atoms with Crippen LogP contribution in [0.2, 0.25) is 0 Å². The Morgan fingerprint density at radius 2 is 2.38 bits per heavy atom. The zero-order valence-corrected chi connectivity index (χ0v) is 10.6. The van der Waals surface area contributed by atoms with E-state index in [-0.39, 0.29) is 0 Å². The zero-order chi connectivity index (χ0) is 11.4. The van der Waals surface area contributed by atoms with Crippen molar-refractivity contribution in [1.29, 1.82) is 0 Å². The van der Waals surface area contributed by atoms with E-state index in [1.54, 1.807) is 11.3 Å². The molecule has 0 bridgehead atoms. The number of aryl methyl sites for hydroxylation is 1. The molecule has 90 valence electrons. The number of nitrogens with one attached hydrogen (secondary N) is 1. The van der Waals surface area contributed by atoms with Crippen molar-refractivity contribution in [2.75, 3.05) is 13.2 Å². The Kier molecular flexibility index (Phi) is 3.95. The van der Waals surface area contributed by atoms with Gasteiger partial charge in [0.15, 0.2) is 0 Å². The molecule has 2 N–H and O–H groups in total. The molecule has 1 aromatic rings. The molecule has 0 radical (unpaired) electrons. The average Bonchev–Trinajstić information content (AvgIpc) is 2.60. The lowest BCUT2D eigenvalue weighted by atomic mass is 9.67. The standard InChI is InChI=1S/C12H20N2OS/c1-10-14-11(8-16-10)7-13-9-12(5-6-15)3-2-4-12/h8,13,15H,2-7,9H2,1H3. The minimum Gasteiger partial charge on any atom is -0.396 e. The number of rotatable bonds is 6. The first-order valence-electron chi connectivity index (χ1n) is 5.97. The third kappa shape index (κ3) is 2.81. The summed E-state index contributed by atoms with van der Waals surface area (Å²) in [7, 11) is 0. The highest BCUT2D eigenvalue weighted by molar-refractivity contribution is 7.09. The molecule has 0 spiro atoms. The monoisotopic (exact) mass is 240 g/mol. The number of aliphatic hydroxyl groups is 1. The van der Waals surface area contributed by atoms with Gasteiger partial charge in [-0.25, -0.2) is 4.98 Å². The lowest BCUT2D eigenvalue weighted by molar-refractivity contribution is 0.0858. The van der Waals surface area contributed by atoms with Crippen molar-refractivity contribution < 1.29 is 5.11 Å². The van der Waals surface area contributed by atoms with Gasteiger partial charge < -0.3 is 10.4 Å². The smallest absolute Gasteiger partial charge is 0.0897 e. The van der Waals surface area contributed by atoms with Gasteiger partial charge in [0.05, 0.1) is 10.7 Å². The topological polar surface area (TPSA) is 45.2 Å². The summed E-state index contributed by atoms with van der Waals surface area (Å²) in [6.45, 7) is 4.23. The Balaban J connectivity index is 1.74.